The fraction of sp³-hybridized carbons (Fsp3) is 0.219. The molecule has 0 radical (unpaired) electrons. The first kappa shape index (κ1) is 33.2. The lowest BCUT2D eigenvalue weighted by molar-refractivity contribution is -0.137. The highest BCUT2D eigenvalue weighted by Crippen LogP contribution is 2.29. The summed E-state index contributed by atoms with van der Waals surface area (Å²) < 4.78 is 68.2. The predicted octanol–water partition coefficient (Wildman–Crippen LogP) is 5.20. The Hall–Kier alpha value is -4.22. The van der Waals surface area contributed by atoms with Crippen LogP contribution in [0, 0.1) is 18.3 Å². The summed E-state index contributed by atoms with van der Waals surface area (Å²) in [7, 11) is -3.81. The fourth-order valence-corrected chi connectivity index (χ4v) is 7.83. The van der Waals surface area contributed by atoms with E-state index >= 15 is 0 Å². The number of alkyl halides is 3. The maximum atomic E-state index is 13.8. The number of piperidine rings is 1. The van der Waals surface area contributed by atoms with Gasteiger partial charge in [0.15, 0.2) is 5.57 Å². The van der Waals surface area contributed by atoms with Crippen molar-refractivity contribution < 1.29 is 26.4 Å². The zero-order valence-electron chi connectivity index (χ0n) is 24.3. The normalized spacial score (nSPS) is 15.3. The lowest BCUT2D eigenvalue weighted by Gasteiger charge is -2.26. The first-order chi connectivity index (χ1) is 21.8. The van der Waals surface area contributed by atoms with Crippen LogP contribution in [0.25, 0.3) is 17.3 Å². The Morgan fingerprint density at radius 2 is 1.72 bits per heavy atom. The minimum Gasteiger partial charge on any atom is -0.321 e. The molecule has 14 heteroatoms. The van der Waals surface area contributed by atoms with Crippen molar-refractivity contribution in [1.82, 2.24) is 8.87 Å². The molecule has 1 saturated heterocycles. The van der Waals surface area contributed by atoms with Crippen molar-refractivity contribution in [2.24, 2.45) is 0 Å². The smallest absolute Gasteiger partial charge is 0.321 e. The van der Waals surface area contributed by atoms with Crippen molar-refractivity contribution in [3.8, 4) is 11.8 Å². The van der Waals surface area contributed by atoms with Crippen molar-refractivity contribution in [3.63, 3.8) is 0 Å². The number of benzene rings is 3. The summed E-state index contributed by atoms with van der Waals surface area (Å²) in [5, 5.41) is 13.1. The summed E-state index contributed by atoms with van der Waals surface area (Å²) in [5.41, 5.74) is -0.726. The van der Waals surface area contributed by atoms with Gasteiger partial charge in [0.2, 0.25) is 10.0 Å². The number of rotatable bonds is 6. The molecule has 0 unspecified atom stereocenters. The number of nitriles is 1. The third-order valence-corrected chi connectivity index (χ3v) is 10.8. The second-order valence-corrected chi connectivity index (χ2v) is 13.9. The van der Waals surface area contributed by atoms with Crippen LogP contribution in [0.2, 0.25) is 5.02 Å². The highest BCUT2D eigenvalue weighted by atomic mass is 35.5. The van der Waals surface area contributed by atoms with E-state index in [2.05, 4.69) is 5.32 Å². The standard InChI is InChI=1S/C32H26ClF3N4O4S2/c1-20-26(33)9-6-10-27(20)40-30(42)28(17-21-11-13-22(14-12-21)32(34,35)36)45-31(40)25(19-37)29(41)38-23-7-5-8-24(18-23)46(43,44)39-15-3-2-4-16-39/h5-14,17-18H,2-4,15-16H2,1H3,(H,38,41)/b28-17+,31-25-. The number of hydrogen-bond acceptors (Lipinski definition) is 6. The van der Waals surface area contributed by atoms with Crippen LogP contribution in [0.4, 0.5) is 18.9 Å². The van der Waals surface area contributed by atoms with E-state index in [1.54, 1.807) is 25.1 Å². The van der Waals surface area contributed by atoms with E-state index in [1.165, 1.54) is 46.8 Å². The average Bonchev–Trinajstić information content (AvgIpc) is 3.33. The first-order valence-corrected chi connectivity index (χ1v) is 16.7. The van der Waals surface area contributed by atoms with Gasteiger partial charge in [-0.25, -0.2) is 8.42 Å². The molecule has 0 bridgehead atoms. The highest BCUT2D eigenvalue weighted by molar-refractivity contribution is 7.89. The molecule has 3 aromatic carbocycles. The number of carbonyl (C=O) groups is 1. The second kappa shape index (κ2) is 13.3. The molecule has 0 atom stereocenters. The van der Waals surface area contributed by atoms with E-state index in [9.17, 15) is 36.4 Å². The van der Waals surface area contributed by atoms with Crippen LogP contribution in [0.5, 0.6) is 0 Å². The number of halogens is 4. The maximum Gasteiger partial charge on any atom is 0.416 e. The van der Waals surface area contributed by atoms with E-state index in [-0.39, 0.29) is 19.8 Å². The number of anilines is 1. The molecule has 1 amide bonds. The van der Waals surface area contributed by atoms with Gasteiger partial charge in [0, 0.05) is 23.8 Å². The van der Waals surface area contributed by atoms with Crippen molar-refractivity contribution in [1.29, 1.82) is 5.26 Å². The SMILES string of the molecule is Cc1c(Cl)cccc1-n1c(=O)/c(=C\c2ccc(C(F)(F)F)cc2)s/c1=C(/C#N)C(=O)Nc1cccc(S(=O)(=O)N2CCCCC2)c1. The number of nitrogens with one attached hydrogen (secondary N) is 1. The molecule has 8 nitrogen and oxygen atoms in total. The Labute approximate surface area is 271 Å². The van der Waals surface area contributed by atoms with Gasteiger partial charge in [-0.15, -0.1) is 11.3 Å². The summed E-state index contributed by atoms with van der Waals surface area (Å²) in [5.74, 6) is -0.897. The fourth-order valence-electron chi connectivity index (χ4n) is 5.00. The lowest BCUT2D eigenvalue weighted by atomic mass is 10.1. The largest absolute Gasteiger partial charge is 0.416 e. The van der Waals surface area contributed by atoms with Crippen LogP contribution in [-0.4, -0.2) is 36.3 Å². The van der Waals surface area contributed by atoms with Gasteiger partial charge in [0.1, 0.15) is 10.7 Å². The van der Waals surface area contributed by atoms with Crippen LogP contribution in [0.1, 0.15) is 36.0 Å². The van der Waals surface area contributed by atoms with Gasteiger partial charge < -0.3 is 5.32 Å². The Morgan fingerprint density at radius 1 is 1.04 bits per heavy atom. The zero-order valence-corrected chi connectivity index (χ0v) is 26.7. The maximum absolute atomic E-state index is 13.8. The van der Waals surface area contributed by atoms with Crippen molar-refractivity contribution in [2.75, 3.05) is 18.4 Å². The molecule has 4 aromatic rings. The quantitative estimate of drug-likeness (QED) is 0.300. The van der Waals surface area contributed by atoms with E-state index in [0.717, 1.165) is 47.3 Å². The zero-order chi connectivity index (χ0) is 33.2. The molecular formula is C32H26ClF3N4O4S2. The lowest BCUT2D eigenvalue weighted by Crippen LogP contribution is -2.35. The van der Waals surface area contributed by atoms with Gasteiger partial charge in [-0.3, -0.25) is 14.2 Å². The number of aromatic nitrogens is 1. The molecule has 0 saturated carbocycles. The van der Waals surface area contributed by atoms with Gasteiger partial charge >= 0.3 is 6.18 Å². The molecule has 46 heavy (non-hydrogen) atoms. The molecule has 5 rings (SSSR count). The van der Waals surface area contributed by atoms with Gasteiger partial charge in [-0.1, -0.05) is 42.3 Å². The summed E-state index contributed by atoms with van der Waals surface area (Å²) in [6, 6.07) is 16.6. The minimum atomic E-state index is -4.53. The summed E-state index contributed by atoms with van der Waals surface area (Å²) in [4.78, 5) is 27.3. The second-order valence-electron chi connectivity index (χ2n) is 10.5. The molecule has 2 heterocycles. The summed E-state index contributed by atoms with van der Waals surface area (Å²) in [6.45, 7) is 2.46. The average molecular weight is 687 g/mol. The molecule has 238 valence electrons. The van der Waals surface area contributed by atoms with Crippen LogP contribution >= 0.6 is 22.9 Å². The Bertz CT molecular complexity index is 2150. The number of nitrogens with zero attached hydrogens (tertiary/aromatic N) is 3. The molecular weight excluding hydrogens is 661 g/mol. The molecule has 1 aliphatic rings. The molecule has 1 N–H and O–H groups in total. The number of sulfonamides is 1. The molecule has 0 spiro atoms. The Kier molecular flexibility index (Phi) is 9.55. The topological polar surface area (TPSA) is 112 Å². The first-order valence-electron chi connectivity index (χ1n) is 14.0. The van der Waals surface area contributed by atoms with Crippen molar-refractivity contribution in [2.45, 2.75) is 37.3 Å². The molecule has 0 aliphatic carbocycles. The highest BCUT2D eigenvalue weighted by Gasteiger charge is 2.30. The van der Waals surface area contributed by atoms with Gasteiger partial charge in [-0.05, 0) is 79.4 Å². The van der Waals surface area contributed by atoms with Crippen LogP contribution < -0.4 is 20.1 Å². The van der Waals surface area contributed by atoms with Gasteiger partial charge in [-0.2, -0.15) is 22.7 Å². The monoisotopic (exact) mass is 686 g/mol. The van der Waals surface area contributed by atoms with Crippen molar-refractivity contribution >= 4 is 56.2 Å². The van der Waals surface area contributed by atoms with Gasteiger partial charge in [0.25, 0.3) is 11.5 Å². The summed E-state index contributed by atoms with van der Waals surface area (Å²) >= 11 is 7.14. The molecule has 1 fully saturated rings. The minimum absolute atomic E-state index is 0.0123. The van der Waals surface area contributed by atoms with E-state index in [1.807, 2.05) is 6.07 Å². The number of carbonyl (C=O) groups excluding carboxylic acids is 1. The third-order valence-electron chi connectivity index (χ3n) is 7.44. The van der Waals surface area contributed by atoms with Gasteiger partial charge in [0.05, 0.1) is 20.7 Å². The van der Waals surface area contributed by atoms with Crippen LogP contribution in [0.15, 0.2) is 76.4 Å². The van der Waals surface area contributed by atoms with E-state index in [0.29, 0.717) is 34.9 Å². The van der Waals surface area contributed by atoms with E-state index in [4.69, 9.17) is 11.6 Å². The van der Waals surface area contributed by atoms with Crippen LogP contribution in [0.3, 0.4) is 0 Å². The Morgan fingerprint density at radius 3 is 2.37 bits per heavy atom. The number of thiazole rings is 1. The predicted molar refractivity (Wildman–Crippen MR) is 171 cm³/mol. The van der Waals surface area contributed by atoms with E-state index < -0.39 is 38.8 Å². The molecule has 1 aliphatic heterocycles. The number of hydrogen-bond donors (Lipinski definition) is 1. The number of amides is 1. The third kappa shape index (κ3) is 6.80. The van der Waals surface area contributed by atoms with Crippen molar-refractivity contribution in [3.05, 3.63) is 108 Å². The van der Waals surface area contributed by atoms with Crippen LogP contribution in [-0.2, 0) is 21.0 Å². The summed E-state index contributed by atoms with van der Waals surface area (Å²) in [6.07, 6.45) is -0.713. The molecule has 1 aromatic heterocycles. The Balaban J connectivity index is 1.62.